The summed E-state index contributed by atoms with van der Waals surface area (Å²) in [5.74, 6) is 0.170. The molecule has 0 radical (unpaired) electrons. The fraction of sp³-hybridized carbons (Fsp3) is 0.562. The zero-order valence-electron chi connectivity index (χ0n) is 13.7. The van der Waals surface area contributed by atoms with Crippen LogP contribution in [0.25, 0.3) is 0 Å². The second-order valence-electron chi connectivity index (χ2n) is 6.28. The molecule has 2 aliphatic rings. The van der Waals surface area contributed by atoms with Gasteiger partial charge in [-0.15, -0.1) is 11.3 Å². The minimum absolute atomic E-state index is 0.170. The second-order valence-corrected chi connectivity index (χ2v) is 7.22. The molecule has 0 aromatic carbocycles. The Balaban J connectivity index is 1.54. The Morgan fingerprint density at radius 2 is 2.25 bits per heavy atom. The van der Waals surface area contributed by atoms with Gasteiger partial charge < -0.3 is 14.2 Å². The first-order valence-corrected chi connectivity index (χ1v) is 9.09. The number of aromatic nitrogens is 3. The van der Waals surface area contributed by atoms with Gasteiger partial charge in [-0.05, 0) is 6.92 Å². The van der Waals surface area contributed by atoms with Gasteiger partial charge in [0.2, 0.25) is 5.91 Å². The first kappa shape index (κ1) is 15.7. The molecule has 0 aliphatic carbocycles. The third-order valence-corrected chi connectivity index (χ3v) is 5.64. The lowest BCUT2D eigenvalue weighted by Crippen LogP contribution is -2.49. The van der Waals surface area contributed by atoms with Gasteiger partial charge in [-0.2, -0.15) is 0 Å². The summed E-state index contributed by atoms with van der Waals surface area (Å²) < 4.78 is 7.40. The van der Waals surface area contributed by atoms with E-state index in [1.165, 1.54) is 4.88 Å². The van der Waals surface area contributed by atoms with E-state index in [-0.39, 0.29) is 11.9 Å². The van der Waals surface area contributed by atoms with Crippen molar-refractivity contribution in [3.8, 4) is 0 Å². The number of rotatable bonds is 3. The Kier molecular flexibility index (Phi) is 4.34. The summed E-state index contributed by atoms with van der Waals surface area (Å²) in [6, 6.07) is -0.206. The van der Waals surface area contributed by atoms with Gasteiger partial charge in [-0.3, -0.25) is 9.69 Å². The largest absolute Gasteiger partial charge is 0.378 e. The first-order valence-electron chi connectivity index (χ1n) is 8.21. The van der Waals surface area contributed by atoms with Crippen LogP contribution < -0.4 is 0 Å². The summed E-state index contributed by atoms with van der Waals surface area (Å²) in [5.41, 5.74) is 4.06. The molecular formula is C16H21N5O2S. The molecule has 0 spiro atoms. The number of amides is 1. The molecule has 2 aliphatic heterocycles. The highest BCUT2D eigenvalue weighted by atomic mass is 32.1. The number of ether oxygens (including phenoxy) is 1. The molecule has 1 amide bonds. The van der Waals surface area contributed by atoms with Crippen LogP contribution in [0.1, 0.15) is 22.3 Å². The Morgan fingerprint density at radius 3 is 3.00 bits per heavy atom. The Bertz CT molecular complexity index is 722. The quantitative estimate of drug-likeness (QED) is 0.831. The van der Waals surface area contributed by atoms with Crippen LogP contribution in [0.2, 0.25) is 0 Å². The molecule has 4 heterocycles. The van der Waals surface area contributed by atoms with Gasteiger partial charge in [0.25, 0.3) is 0 Å². The smallest absolute Gasteiger partial charge is 0.247 e. The van der Waals surface area contributed by atoms with Crippen molar-refractivity contribution in [3.63, 3.8) is 0 Å². The average molecular weight is 347 g/mol. The number of carbonyl (C=O) groups excluding carboxylic acids is 1. The second kappa shape index (κ2) is 6.62. The topological polar surface area (TPSA) is 63.5 Å². The van der Waals surface area contributed by atoms with E-state index in [4.69, 9.17) is 4.74 Å². The van der Waals surface area contributed by atoms with Crippen LogP contribution in [0.5, 0.6) is 0 Å². The minimum atomic E-state index is -0.206. The molecule has 1 fully saturated rings. The monoisotopic (exact) mass is 347 g/mol. The van der Waals surface area contributed by atoms with Crippen LogP contribution in [0.4, 0.5) is 0 Å². The predicted molar refractivity (Wildman–Crippen MR) is 89.6 cm³/mol. The van der Waals surface area contributed by atoms with Crippen molar-refractivity contribution in [2.45, 2.75) is 26.1 Å². The van der Waals surface area contributed by atoms with E-state index in [2.05, 4.69) is 14.9 Å². The standard InChI is InChI=1S/C16H21N5O2S/c1-12-15(24-11-18-12)9-19-7-13-6-17-10-21(13)14(8-19)16(22)20-2-4-23-5-3-20/h6,10-11,14H,2-5,7-9H2,1H3. The molecule has 1 unspecified atom stereocenters. The lowest BCUT2D eigenvalue weighted by Gasteiger charge is -2.37. The van der Waals surface area contributed by atoms with Gasteiger partial charge in [-0.1, -0.05) is 0 Å². The zero-order valence-corrected chi connectivity index (χ0v) is 14.5. The summed E-state index contributed by atoms with van der Waals surface area (Å²) >= 11 is 1.68. The van der Waals surface area contributed by atoms with Gasteiger partial charge in [-0.25, -0.2) is 9.97 Å². The Morgan fingerprint density at radius 1 is 1.42 bits per heavy atom. The molecule has 0 bridgehead atoms. The molecule has 2 aromatic rings. The van der Waals surface area contributed by atoms with Gasteiger partial charge in [0, 0.05) is 43.8 Å². The third kappa shape index (κ3) is 2.97. The molecule has 128 valence electrons. The van der Waals surface area contributed by atoms with Crippen LogP contribution in [-0.2, 0) is 22.6 Å². The van der Waals surface area contributed by atoms with Crippen LogP contribution in [0.3, 0.4) is 0 Å². The number of aryl methyl sites for hydroxylation is 1. The summed E-state index contributed by atoms with van der Waals surface area (Å²) in [6.07, 6.45) is 3.65. The summed E-state index contributed by atoms with van der Waals surface area (Å²) in [5, 5.41) is 0. The highest BCUT2D eigenvalue weighted by molar-refractivity contribution is 7.09. The number of hydrogen-bond acceptors (Lipinski definition) is 6. The maximum Gasteiger partial charge on any atom is 0.247 e. The van der Waals surface area contributed by atoms with E-state index in [1.54, 1.807) is 17.7 Å². The number of imidazole rings is 1. The molecule has 1 atom stereocenters. The van der Waals surface area contributed by atoms with Crippen molar-refractivity contribution in [1.82, 2.24) is 24.3 Å². The first-order chi connectivity index (χ1) is 11.7. The predicted octanol–water partition coefficient (Wildman–Crippen LogP) is 1.06. The molecule has 1 saturated heterocycles. The highest BCUT2D eigenvalue weighted by Gasteiger charge is 2.33. The minimum Gasteiger partial charge on any atom is -0.378 e. The Labute approximate surface area is 144 Å². The SMILES string of the molecule is Cc1ncsc1CN1Cc2cncn2C(C(=O)N2CCOCC2)C1. The number of hydrogen-bond donors (Lipinski definition) is 0. The van der Waals surface area contributed by atoms with Crippen molar-refractivity contribution in [3.05, 3.63) is 34.3 Å². The number of nitrogens with zero attached hydrogens (tertiary/aromatic N) is 5. The number of morpholine rings is 1. The third-order valence-electron chi connectivity index (χ3n) is 4.72. The molecule has 24 heavy (non-hydrogen) atoms. The number of fused-ring (bicyclic) bond motifs is 1. The lowest BCUT2D eigenvalue weighted by atomic mass is 10.1. The fourth-order valence-electron chi connectivity index (χ4n) is 3.35. The van der Waals surface area contributed by atoms with E-state index in [1.807, 2.05) is 28.1 Å². The van der Waals surface area contributed by atoms with Crippen LogP contribution >= 0.6 is 11.3 Å². The van der Waals surface area contributed by atoms with E-state index in [9.17, 15) is 4.79 Å². The van der Waals surface area contributed by atoms with E-state index < -0.39 is 0 Å². The van der Waals surface area contributed by atoms with Gasteiger partial charge in [0.1, 0.15) is 6.04 Å². The van der Waals surface area contributed by atoms with E-state index in [0.717, 1.165) is 24.5 Å². The molecule has 4 rings (SSSR count). The van der Waals surface area contributed by atoms with Crippen LogP contribution in [0.15, 0.2) is 18.0 Å². The van der Waals surface area contributed by atoms with Crippen molar-refractivity contribution >= 4 is 17.2 Å². The number of carbonyl (C=O) groups is 1. The highest BCUT2D eigenvalue weighted by Crippen LogP contribution is 2.26. The van der Waals surface area contributed by atoms with Gasteiger partial charge in [0.15, 0.2) is 0 Å². The maximum atomic E-state index is 13.0. The normalized spacial score (nSPS) is 21.7. The summed E-state index contributed by atoms with van der Waals surface area (Å²) in [4.78, 5) is 27.1. The van der Waals surface area contributed by atoms with Crippen LogP contribution in [0, 0.1) is 6.92 Å². The van der Waals surface area contributed by atoms with E-state index in [0.29, 0.717) is 32.8 Å². The van der Waals surface area contributed by atoms with Crippen molar-refractivity contribution in [2.75, 3.05) is 32.8 Å². The molecule has 7 nitrogen and oxygen atoms in total. The molecule has 0 saturated carbocycles. The summed E-state index contributed by atoms with van der Waals surface area (Å²) in [7, 11) is 0. The molecule has 0 N–H and O–H groups in total. The Hall–Kier alpha value is -1.77. The lowest BCUT2D eigenvalue weighted by molar-refractivity contribution is -0.140. The van der Waals surface area contributed by atoms with Crippen LogP contribution in [-0.4, -0.2) is 63.1 Å². The number of thiazole rings is 1. The fourth-order valence-corrected chi connectivity index (χ4v) is 4.17. The van der Waals surface area contributed by atoms with Crippen molar-refractivity contribution in [2.24, 2.45) is 0 Å². The average Bonchev–Trinajstić information content (AvgIpc) is 3.24. The maximum absolute atomic E-state index is 13.0. The molecule has 2 aromatic heterocycles. The van der Waals surface area contributed by atoms with Gasteiger partial charge >= 0.3 is 0 Å². The van der Waals surface area contributed by atoms with Crippen molar-refractivity contribution in [1.29, 1.82) is 0 Å². The summed E-state index contributed by atoms with van der Waals surface area (Å²) in [6.45, 7) is 6.98. The zero-order chi connectivity index (χ0) is 16.5. The van der Waals surface area contributed by atoms with Gasteiger partial charge in [0.05, 0.1) is 36.4 Å². The molecule has 8 heteroatoms. The van der Waals surface area contributed by atoms with E-state index >= 15 is 0 Å². The molecular weight excluding hydrogens is 326 g/mol. The van der Waals surface area contributed by atoms with Crippen molar-refractivity contribution < 1.29 is 9.53 Å².